The van der Waals surface area contributed by atoms with Gasteiger partial charge in [-0.3, -0.25) is 9.59 Å². The zero-order chi connectivity index (χ0) is 24.8. The van der Waals surface area contributed by atoms with Crippen LogP contribution in [0.2, 0.25) is 0 Å². The quantitative estimate of drug-likeness (QED) is 0.516. The fourth-order valence-electron chi connectivity index (χ4n) is 2.79. The van der Waals surface area contributed by atoms with E-state index < -0.39 is 11.9 Å². The van der Waals surface area contributed by atoms with Crippen molar-refractivity contribution in [2.45, 2.75) is 20.0 Å². The molecule has 2 heterocycles. The fraction of sp³-hybridized carbons (Fsp3) is 0.208. The van der Waals surface area contributed by atoms with Crippen LogP contribution >= 0.6 is 0 Å². The second-order valence-electron chi connectivity index (χ2n) is 7.72. The normalized spacial score (nSPS) is 10.5. The Labute approximate surface area is 196 Å². The monoisotopic (exact) mass is 464 g/mol. The lowest BCUT2D eigenvalue weighted by Gasteiger charge is -2.13. The smallest absolute Gasteiger partial charge is 0.337 e. The molecule has 34 heavy (non-hydrogen) atoms. The molecular weight excluding hydrogens is 440 g/mol. The largest absolute Gasteiger partial charge is 0.478 e. The molecule has 0 bridgehead atoms. The number of aromatic carboxylic acids is 1. The van der Waals surface area contributed by atoms with Crippen molar-refractivity contribution in [3.8, 4) is 17.5 Å². The minimum Gasteiger partial charge on any atom is -0.478 e. The molecule has 2 amide bonds. The predicted octanol–water partition coefficient (Wildman–Crippen LogP) is 3.71. The second kappa shape index (κ2) is 10.4. The van der Waals surface area contributed by atoms with Crippen molar-refractivity contribution >= 4 is 23.6 Å². The van der Waals surface area contributed by atoms with Gasteiger partial charge in [0.05, 0.1) is 17.2 Å². The van der Waals surface area contributed by atoms with E-state index in [0.29, 0.717) is 11.3 Å². The first-order chi connectivity index (χ1) is 16.1. The van der Waals surface area contributed by atoms with Crippen molar-refractivity contribution in [3.05, 3.63) is 71.4 Å². The van der Waals surface area contributed by atoms with Gasteiger partial charge in [-0.05, 0) is 50.2 Å². The fourth-order valence-corrected chi connectivity index (χ4v) is 2.79. The first kappa shape index (κ1) is 24.2. The minimum absolute atomic E-state index is 0.00326. The number of ether oxygens (including phenoxy) is 2. The molecule has 0 fully saturated rings. The summed E-state index contributed by atoms with van der Waals surface area (Å²) in [6.07, 6.45) is 0.956. The maximum absolute atomic E-state index is 12.8. The van der Waals surface area contributed by atoms with Crippen molar-refractivity contribution in [1.82, 2.24) is 14.9 Å². The highest BCUT2D eigenvalue weighted by molar-refractivity contribution is 6.04. The average Bonchev–Trinajstić information content (AvgIpc) is 2.78. The van der Waals surface area contributed by atoms with Gasteiger partial charge in [0.25, 0.3) is 11.8 Å². The van der Waals surface area contributed by atoms with E-state index in [1.54, 1.807) is 38.4 Å². The van der Waals surface area contributed by atoms with Gasteiger partial charge in [-0.15, -0.1) is 0 Å². The summed E-state index contributed by atoms with van der Waals surface area (Å²) in [6.45, 7) is 3.65. The van der Waals surface area contributed by atoms with E-state index in [-0.39, 0.29) is 40.7 Å². The van der Waals surface area contributed by atoms with Crippen LogP contribution in [0.5, 0.6) is 17.5 Å². The van der Waals surface area contributed by atoms with E-state index in [1.807, 2.05) is 13.8 Å². The molecule has 0 saturated carbocycles. The summed E-state index contributed by atoms with van der Waals surface area (Å²) in [5, 5.41) is 11.6. The minimum atomic E-state index is -1.11. The Kier molecular flexibility index (Phi) is 7.42. The Bertz CT molecular complexity index is 1190. The van der Waals surface area contributed by atoms with E-state index in [1.165, 1.54) is 29.2 Å². The highest BCUT2D eigenvalue weighted by Crippen LogP contribution is 2.25. The summed E-state index contributed by atoms with van der Waals surface area (Å²) < 4.78 is 11.5. The first-order valence-corrected chi connectivity index (χ1v) is 10.3. The number of pyridine rings is 2. The third kappa shape index (κ3) is 6.28. The van der Waals surface area contributed by atoms with Gasteiger partial charge >= 0.3 is 5.97 Å². The Balaban J connectivity index is 1.83. The van der Waals surface area contributed by atoms with E-state index in [2.05, 4.69) is 15.3 Å². The number of anilines is 1. The summed E-state index contributed by atoms with van der Waals surface area (Å²) >= 11 is 0. The molecule has 0 spiro atoms. The first-order valence-electron chi connectivity index (χ1n) is 10.3. The molecule has 0 unspecified atom stereocenters. The number of benzene rings is 1. The summed E-state index contributed by atoms with van der Waals surface area (Å²) in [6, 6.07) is 12.1. The van der Waals surface area contributed by atoms with Crippen molar-refractivity contribution in [2.24, 2.45) is 0 Å². The molecule has 176 valence electrons. The van der Waals surface area contributed by atoms with Crippen LogP contribution in [0.15, 0.2) is 54.7 Å². The predicted molar refractivity (Wildman–Crippen MR) is 124 cm³/mol. The number of hydrogen-bond acceptors (Lipinski definition) is 7. The van der Waals surface area contributed by atoms with Gasteiger partial charge in [-0.1, -0.05) is 0 Å². The number of nitrogens with zero attached hydrogens (tertiary/aromatic N) is 3. The van der Waals surface area contributed by atoms with Gasteiger partial charge in [0.1, 0.15) is 11.6 Å². The van der Waals surface area contributed by atoms with Crippen LogP contribution in [0.4, 0.5) is 5.82 Å². The summed E-state index contributed by atoms with van der Waals surface area (Å²) in [4.78, 5) is 45.5. The van der Waals surface area contributed by atoms with Crippen molar-refractivity contribution in [3.63, 3.8) is 0 Å². The van der Waals surface area contributed by atoms with Crippen LogP contribution < -0.4 is 14.8 Å². The van der Waals surface area contributed by atoms with Gasteiger partial charge in [0.2, 0.25) is 11.8 Å². The molecule has 1 aromatic carbocycles. The Hall–Kier alpha value is -4.47. The summed E-state index contributed by atoms with van der Waals surface area (Å²) in [7, 11) is 3.33. The van der Waals surface area contributed by atoms with Crippen LogP contribution in [0.3, 0.4) is 0 Å². The molecule has 3 aromatic rings. The second-order valence-corrected chi connectivity index (χ2v) is 7.72. The highest BCUT2D eigenvalue weighted by Gasteiger charge is 2.15. The zero-order valence-corrected chi connectivity index (χ0v) is 19.1. The molecule has 2 N–H and O–H groups in total. The number of amides is 2. The van der Waals surface area contributed by atoms with Crippen LogP contribution in [0, 0.1) is 0 Å². The number of carboxylic acid groups (broad SMARTS) is 1. The van der Waals surface area contributed by atoms with Gasteiger partial charge in [-0.2, -0.15) is 4.98 Å². The van der Waals surface area contributed by atoms with E-state index in [4.69, 9.17) is 14.6 Å². The Morgan fingerprint density at radius 2 is 1.59 bits per heavy atom. The van der Waals surface area contributed by atoms with Crippen molar-refractivity contribution in [2.75, 3.05) is 19.4 Å². The number of carboxylic acids is 1. The third-order valence-electron chi connectivity index (χ3n) is 4.38. The third-order valence-corrected chi connectivity index (χ3v) is 4.38. The molecule has 0 aliphatic heterocycles. The standard InChI is InChI=1S/C24H24N4O6/c1-14(2)33-20-11-17(22(29)26-19-10-7-16(13-25-19)24(31)32)12-21(27-20)34-18-8-5-15(6-9-18)23(30)28(3)4/h5-14H,1-4H3,(H,31,32)(H,25,26,29). The zero-order valence-electron chi connectivity index (χ0n) is 19.1. The van der Waals surface area contributed by atoms with E-state index >= 15 is 0 Å². The maximum atomic E-state index is 12.8. The van der Waals surface area contributed by atoms with Crippen molar-refractivity contribution < 1.29 is 29.0 Å². The lowest BCUT2D eigenvalue weighted by atomic mass is 10.2. The lowest BCUT2D eigenvalue weighted by Crippen LogP contribution is -2.21. The highest BCUT2D eigenvalue weighted by atomic mass is 16.5. The van der Waals surface area contributed by atoms with Gasteiger partial charge in [0.15, 0.2) is 0 Å². The molecule has 0 radical (unpaired) electrons. The summed E-state index contributed by atoms with van der Waals surface area (Å²) in [5.74, 6) is -0.862. The molecule has 10 heteroatoms. The number of nitrogens with one attached hydrogen (secondary N) is 1. The Morgan fingerprint density at radius 1 is 0.941 bits per heavy atom. The van der Waals surface area contributed by atoms with Gasteiger partial charge < -0.3 is 24.8 Å². The maximum Gasteiger partial charge on any atom is 0.337 e. The molecule has 0 aliphatic carbocycles. The number of rotatable bonds is 8. The SMILES string of the molecule is CC(C)Oc1cc(C(=O)Nc2ccc(C(=O)O)cn2)cc(Oc2ccc(C(=O)N(C)C)cc2)n1. The van der Waals surface area contributed by atoms with E-state index in [9.17, 15) is 14.4 Å². The lowest BCUT2D eigenvalue weighted by molar-refractivity contribution is 0.0695. The molecule has 3 rings (SSSR count). The summed E-state index contributed by atoms with van der Waals surface area (Å²) in [5.41, 5.74) is 0.705. The van der Waals surface area contributed by atoms with Crippen LogP contribution in [-0.2, 0) is 0 Å². The van der Waals surface area contributed by atoms with Crippen LogP contribution in [0.25, 0.3) is 0 Å². The molecule has 0 saturated heterocycles. The molecular formula is C24H24N4O6. The molecule has 2 aromatic heterocycles. The number of hydrogen-bond donors (Lipinski definition) is 2. The number of carbonyl (C=O) groups is 3. The van der Waals surface area contributed by atoms with Crippen LogP contribution in [0.1, 0.15) is 44.9 Å². The number of carbonyl (C=O) groups excluding carboxylic acids is 2. The molecule has 0 aliphatic rings. The topological polar surface area (TPSA) is 131 Å². The van der Waals surface area contributed by atoms with Gasteiger partial charge in [-0.25, -0.2) is 9.78 Å². The van der Waals surface area contributed by atoms with Crippen molar-refractivity contribution in [1.29, 1.82) is 0 Å². The van der Waals surface area contributed by atoms with Crippen LogP contribution in [-0.4, -0.2) is 58.0 Å². The Morgan fingerprint density at radius 3 is 2.15 bits per heavy atom. The average molecular weight is 464 g/mol. The number of aromatic nitrogens is 2. The van der Waals surface area contributed by atoms with E-state index in [0.717, 1.165) is 6.20 Å². The molecule has 10 nitrogen and oxygen atoms in total. The van der Waals surface area contributed by atoms with Gasteiger partial charge in [0, 0.05) is 38.0 Å². The molecule has 0 atom stereocenters.